The number of rotatable bonds is 4. The molecular weight excluding hydrogens is 466 g/mol. The lowest BCUT2D eigenvalue weighted by Crippen LogP contribution is -1.94. The van der Waals surface area contributed by atoms with Crippen LogP contribution in [0.15, 0.2) is 43.0 Å². The second-order valence-electron chi connectivity index (χ2n) is 4.08. The first-order chi connectivity index (χ1) is 10.7. The Morgan fingerprint density at radius 2 is 1.17 bits per heavy atom. The molecule has 2 rings (SSSR count). The highest BCUT2D eigenvalue weighted by Gasteiger charge is 2.21. The highest BCUT2D eigenvalue weighted by atomic mass is 79.9. The molecule has 0 saturated heterocycles. The number of benzene rings is 2. The van der Waals surface area contributed by atoms with Crippen molar-refractivity contribution >= 4 is 55.0 Å². The third-order valence-electron chi connectivity index (χ3n) is 2.62. The number of nitrogens with zero attached hydrogens (tertiary/aromatic N) is 2. The molecule has 0 heterocycles. The molecule has 0 amide bonds. The first-order valence-corrected chi connectivity index (χ1v) is 8.05. The van der Waals surface area contributed by atoms with E-state index in [-0.39, 0.29) is 18.7 Å². The van der Waals surface area contributed by atoms with Gasteiger partial charge in [-0.25, -0.2) is 8.78 Å². The van der Waals surface area contributed by atoms with Gasteiger partial charge in [-0.05, 0) is 44.0 Å². The van der Waals surface area contributed by atoms with Crippen LogP contribution in [0.2, 0.25) is 0 Å². The van der Waals surface area contributed by atoms with Crippen LogP contribution in [0.4, 0.5) is 20.2 Å². The molecule has 6 nitrogen and oxygen atoms in total. The number of hydrogen-bond donors (Lipinski definition) is 0. The van der Waals surface area contributed by atoms with Crippen LogP contribution in [0.3, 0.4) is 0 Å². The van der Waals surface area contributed by atoms with E-state index in [0.717, 1.165) is 12.1 Å². The Balaban J connectivity index is 2.44. The van der Waals surface area contributed by atoms with Gasteiger partial charge in [-0.15, -0.1) is 0 Å². The van der Waals surface area contributed by atoms with Crippen LogP contribution in [-0.2, 0) is 0 Å². The quantitative estimate of drug-likeness (QED) is 0.438. The van der Waals surface area contributed by atoms with E-state index in [4.69, 9.17) is 0 Å². The van der Waals surface area contributed by atoms with E-state index < -0.39 is 32.9 Å². The predicted octanol–water partition coefficient (Wildman–Crippen LogP) is 5.46. The lowest BCUT2D eigenvalue weighted by Gasteiger charge is -2.07. The molecule has 2 aromatic rings. The van der Waals surface area contributed by atoms with Gasteiger partial charge in [0.25, 0.3) is 11.4 Å². The minimum Gasteiger partial charge on any atom is -0.258 e. The van der Waals surface area contributed by atoms with Gasteiger partial charge in [-0.3, -0.25) is 20.2 Å². The predicted molar refractivity (Wildman–Crippen MR) is 85.6 cm³/mol. The molecule has 0 aliphatic rings. The van der Waals surface area contributed by atoms with Crippen LogP contribution >= 0.6 is 43.6 Å². The van der Waals surface area contributed by atoms with Crippen LogP contribution in [0.25, 0.3) is 0 Å². The van der Waals surface area contributed by atoms with Crippen molar-refractivity contribution in [2.75, 3.05) is 0 Å². The van der Waals surface area contributed by atoms with Gasteiger partial charge >= 0.3 is 0 Å². The van der Waals surface area contributed by atoms with Crippen molar-refractivity contribution in [3.63, 3.8) is 0 Å². The summed E-state index contributed by atoms with van der Waals surface area (Å²) in [5, 5.41) is 21.4. The van der Waals surface area contributed by atoms with Crippen molar-refractivity contribution in [3.8, 4) is 0 Å². The van der Waals surface area contributed by atoms with Gasteiger partial charge in [-0.1, -0.05) is 11.8 Å². The topological polar surface area (TPSA) is 86.3 Å². The molecule has 0 unspecified atom stereocenters. The molecule has 11 heteroatoms. The zero-order valence-corrected chi connectivity index (χ0v) is 14.7. The first kappa shape index (κ1) is 17.8. The molecular formula is C12H4Br2F2N2O4S. The summed E-state index contributed by atoms with van der Waals surface area (Å²) < 4.78 is 27.9. The zero-order chi connectivity index (χ0) is 17.3. The van der Waals surface area contributed by atoms with Gasteiger partial charge < -0.3 is 0 Å². The normalized spacial score (nSPS) is 10.6. The van der Waals surface area contributed by atoms with E-state index in [9.17, 15) is 29.0 Å². The van der Waals surface area contributed by atoms with Crippen LogP contribution in [-0.4, -0.2) is 9.85 Å². The zero-order valence-electron chi connectivity index (χ0n) is 10.8. The highest BCUT2D eigenvalue weighted by molar-refractivity contribution is 9.11. The van der Waals surface area contributed by atoms with Crippen LogP contribution < -0.4 is 0 Å². The summed E-state index contributed by atoms with van der Waals surface area (Å²) in [6.45, 7) is 0. The molecule has 2 aromatic carbocycles. The van der Waals surface area contributed by atoms with Crippen molar-refractivity contribution in [2.24, 2.45) is 0 Å². The lowest BCUT2D eigenvalue weighted by atomic mass is 10.3. The second kappa shape index (κ2) is 6.89. The molecule has 0 fully saturated rings. The first-order valence-electron chi connectivity index (χ1n) is 5.65. The maximum atomic E-state index is 13.9. The average molecular weight is 470 g/mol. The van der Waals surface area contributed by atoms with Gasteiger partial charge in [0.15, 0.2) is 0 Å². The van der Waals surface area contributed by atoms with Gasteiger partial charge in [0.2, 0.25) is 0 Å². The summed E-state index contributed by atoms with van der Waals surface area (Å²) in [6, 6.07) is 3.72. The van der Waals surface area contributed by atoms with Crippen LogP contribution in [0.1, 0.15) is 0 Å². The summed E-state index contributed by atoms with van der Waals surface area (Å²) in [4.78, 5) is 19.8. The summed E-state index contributed by atoms with van der Waals surface area (Å²) >= 11 is 6.54. The fourth-order valence-electron chi connectivity index (χ4n) is 1.59. The standard InChI is InChI=1S/C12H4Br2F2N2O4S/c13-5-1-11(7(15)3-9(5)17(19)20)23-12-2-6(14)10(18(21)22)4-8(12)16/h1-4H. The van der Waals surface area contributed by atoms with E-state index in [0.29, 0.717) is 23.9 Å². The molecule has 0 N–H and O–H groups in total. The van der Waals surface area contributed by atoms with E-state index >= 15 is 0 Å². The fourth-order valence-corrected chi connectivity index (χ4v) is 3.77. The largest absolute Gasteiger partial charge is 0.286 e. The Morgan fingerprint density at radius 1 is 0.826 bits per heavy atom. The number of nitro benzene ring substituents is 2. The highest BCUT2D eigenvalue weighted by Crippen LogP contribution is 2.39. The molecule has 0 atom stereocenters. The number of hydrogen-bond acceptors (Lipinski definition) is 5. The number of nitro groups is 2. The second-order valence-corrected chi connectivity index (χ2v) is 6.88. The van der Waals surface area contributed by atoms with E-state index in [1.807, 2.05) is 0 Å². The van der Waals surface area contributed by atoms with Crippen molar-refractivity contribution in [1.29, 1.82) is 0 Å². The summed E-state index contributed by atoms with van der Waals surface area (Å²) in [5.41, 5.74) is -0.922. The van der Waals surface area contributed by atoms with Crippen molar-refractivity contribution in [3.05, 3.63) is 65.1 Å². The van der Waals surface area contributed by atoms with E-state index in [1.165, 1.54) is 0 Å². The minimum atomic E-state index is -0.904. The molecule has 23 heavy (non-hydrogen) atoms. The lowest BCUT2D eigenvalue weighted by molar-refractivity contribution is -0.386. The van der Waals surface area contributed by atoms with Crippen molar-refractivity contribution < 1.29 is 18.6 Å². The average Bonchev–Trinajstić information content (AvgIpc) is 2.45. The SMILES string of the molecule is O=[N+]([O-])c1cc(F)c(Sc2cc(Br)c([N+](=O)[O-])cc2F)cc1Br. The minimum absolute atomic E-state index is 0.0350. The third kappa shape index (κ3) is 3.85. The van der Waals surface area contributed by atoms with Crippen molar-refractivity contribution in [2.45, 2.75) is 9.79 Å². The van der Waals surface area contributed by atoms with Crippen LogP contribution in [0, 0.1) is 31.9 Å². The Labute approximate surface area is 148 Å². The number of halogens is 4. The summed E-state index contributed by atoms with van der Waals surface area (Å²) in [7, 11) is 0. The molecule has 0 aliphatic carbocycles. The van der Waals surface area contributed by atoms with Gasteiger partial charge in [0.1, 0.15) is 11.6 Å². The van der Waals surface area contributed by atoms with Gasteiger partial charge in [0, 0.05) is 9.79 Å². The molecule has 0 radical (unpaired) electrons. The molecule has 0 aromatic heterocycles. The maximum Gasteiger partial charge on any atom is 0.286 e. The van der Waals surface area contributed by atoms with Crippen LogP contribution in [0.5, 0.6) is 0 Å². The Morgan fingerprint density at radius 3 is 1.48 bits per heavy atom. The Hall–Kier alpha value is -1.59. The smallest absolute Gasteiger partial charge is 0.258 e. The third-order valence-corrected chi connectivity index (χ3v) is 4.95. The Bertz CT molecular complexity index is 768. The molecule has 120 valence electrons. The Kier molecular flexibility index (Phi) is 5.32. The summed E-state index contributed by atoms with van der Waals surface area (Å²) in [5.74, 6) is -1.81. The van der Waals surface area contributed by atoms with Gasteiger partial charge in [-0.2, -0.15) is 0 Å². The molecule has 0 aliphatic heterocycles. The maximum absolute atomic E-state index is 13.9. The van der Waals surface area contributed by atoms with Gasteiger partial charge in [0.05, 0.1) is 30.9 Å². The molecule has 0 bridgehead atoms. The van der Waals surface area contributed by atoms with E-state index in [1.54, 1.807) is 0 Å². The molecule has 0 saturated carbocycles. The fraction of sp³-hybridized carbons (Fsp3) is 0. The summed E-state index contributed by atoms with van der Waals surface area (Å²) in [6.07, 6.45) is 0. The molecule has 0 spiro atoms. The monoisotopic (exact) mass is 468 g/mol. The van der Waals surface area contributed by atoms with E-state index in [2.05, 4.69) is 31.9 Å². The van der Waals surface area contributed by atoms with Crippen molar-refractivity contribution in [1.82, 2.24) is 0 Å².